The summed E-state index contributed by atoms with van der Waals surface area (Å²) in [4.78, 5) is 24.9. The number of aromatic hydroxyl groups is 2. The maximum absolute atomic E-state index is 12.7. The molecule has 2 aliphatic rings. The number of phenols is 2. The highest BCUT2D eigenvalue weighted by Gasteiger charge is 2.56. The lowest BCUT2D eigenvalue weighted by molar-refractivity contribution is -0.134. The number of carbonyl (C=O) groups excluding carboxylic acids is 2. The molecule has 0 bridgehead atoms. The molecule has 0 heterocycles. The second kappa shape index (κ2) is 7.97. The Hall–Kier alpha value is -2.50. The number of phenolic OH excluding ortho intramolecular Hbond substituents is 2. The van der Waals surface area contributed by atoms with Gasteiger partial charge < -0.3 is 24.5 Å². The van der Waals surface area contributed by atoms with Gasteiger partial charge in [-0.1, -0.05) is 26.0 Å². The van der Waals surface area contributed by atoms with Crippen molar-refractivity contribution in [2.45, 2.75) is 52.4 Å². The van der Waals surface area contributed by atoms with Gasteiger partial charge in [-0.3, -0.25) is 0 Å². The van der Waals surface area contributed by atoms with Crippen LogP contribution in [0.1, 0.15) is 61.9 Å². The molecule has 0 spiro atoms. The first-order chi connectivity index (χ1) is 14.2. The van der Waals surface area contributed by atoms with Crippen molar-refractivity contribution >= 4 is 12.3 Å². The number of carbonyl (C=O) groups is 2. The molecule has 2 N–H and O–H groups in total. The maximum Gasteiger partial charge on any atom is 0.341 e. The van der Waals surface area contributed by atoms with Gasteiger partial charge in [0.15, 0.2) is 11.5 Å². The number of hydrogen-bond acceptors (Lipinski definition) is 6. The van der Waals surface area contributed by atoms with E-state index in [9.17, 15) is 19.8 Å². The van der Waals surface area contributed by atoms with E-state index >= 15 is 0 Å². The molecule has 164 valence electrons. The Kier molecular flexibility index (Phi) is 5.89. The van der Waals surface area contributed by atoms with Crippen LogP contribution in [0.2, 0.25) is 0 Å². The molecule has 1 aromatic carbocycles. The Morgan fingerprint density at radius 1 is 1.30 bits per heavy atom. The van der Waals surface area contributed by atoms with Crippen LogP contribution in [0.4, 0.5) is 0 Å². The molecule has 1 aromatic rings. The fraction of sp³-hybridized carbons (Fsp3) is 0.583. The first-order valence-electron chi connectivity index (χ1n) is 10.5. The fourth-order valence-corrected chi connectivity index (χ4v) is 5.86. The molecule has 4 atom stereocenters. The number of allylic oxidation sites excluding steroid dienone is 1. The highest BCUT2D eigenvalue weighted by Crippen LogP contribution is 2.62. The lowest BCUT2D eigenvalue weighted by Crippen LogP contribution is -2.53. The summed E-state index contributed by atoms with van der Waals surface area (Å²) in [6.45, 7) is 8.62. The topological polar surface area (TPSA) is 93.1 Å². The SMILES string of the molecule is C=C1CCC[C@H]2[C@](C=O)(Cc3cc(C(=O)OC)c(O)c(OC)c3O)[C@@H](C)CC[C@]12C. The van der Waals surface area contributed by atoms with Crippen LogP contribution in [0, 0.1) is 22.7 Å². The lowest BCUT2D eigenvalue weighted by Gasteiger charge is -2.57. The Morgan fingerprint density at radius 3 is 2.60 bits per heavy atom. The van der Waals surface area contributed by atoms with Crippen LogP contribution >= 0.6 is 0 Å². The highest BCUT2D eigenvalue weighted by molar-refractivity contribution is 5.94. The van der Waals surface area contributed by atoms with Crippen LogP contribution in [0.15, 0.2) is 18.2 Å². The van der Waals surface area contributed by atoms with Crippen molar-refractivity contribution in [1.82, 2.24) is 0 Å². The molecule has 0 saturated heterocycles. The molecule has 30 heavy (non-hydrogen) atoms. The quantitative estimate of drug-likeness (QED) is 0.419. The smallest absolute Gasteiger partial charge is 0.341 e. The van der Waals surface area contributed by atoms with Gasteiger partial charge in [-0.05, 0) is 67.4 Å². The van der Waals surface area contributed by atoms with Crippen LogP contribution in [0.25, 0.3) is 0 Å². The lowest BCUT2D eigenvalue weighted by atomic mass is 9.46. The minimum absolute atomic E-state index is 0.0910. The molecule has 2 fully saturated rings. The molecule has 2 aliphatic carbocycles. The van der Waals surface area contributed by atoms with Gasteiger partial charge in [-0.15, -0.1) is 0 Å². The molecule has 0 unspecified atom stereocenters. The maximum atomic E-state index is 12.7. The van der Waals surface area contributed by atoms with Gasteiger partial charge in [-0.2, -0.15) is 0 Å². The summed E-state index contributed by atoms with van der Waals surface area (Å²) < 4.78 is 9.94. The van der Waals surface area contributed by atoms with Crippen molar-refractivity contribution in [2.24, 2.45) is 22.7 Å². The summed E-state index contributed by atoms with van der Waals surface area (Å²) in [6.07, 6.45) is 6.04. The van der Waals surface area contributed by atoms with Gasteiger partial charge in [-0.25, -0.2) is 4.79 Å². The molecule has 6 heteroatoms. The minimum Gasteiger partial charge on any atom is -0.504 e. The minimum atomic E-state index is -0.736. The molecule has 0 amide bonds. The third-order valence-corrected chi connectivity index (χ3v) is 7.84. The number of rotatable bonds is 5. The number of benzene rings is 1. The molecular formula is C24H32O6. The monoisotopic (exact) mass is 416 g/mol. The Balaban J connectivity index is 2.15. The van der Waals surface area contributed by atoms with E-state index in [4.69, 9.17) is 9.47 Å². The van der Waals surface area contributed by atoms with Gasteiger partial charge in [0.1, 0.15) is 11.8 Å². The van der Waals surface area contributed by atoms with E-state index in [1.807, 2.05) is 0 Å². The number of esters is 1. The van der Waals surface area contributed by atoms with E-state index in [2.05, 4.69) is 20.4 Å². The van der Waals surface area contributed by atoms with Crippen LogP contribution in [-0.4, -0.2) is 36.7 Å². The zero-order chi connectivity index (χ0) is 22.3. The molecule has 3 rings (SSSR count). The van der Waals surface area contributed by atoms with E-state index in [-0.39, 0.29) is 40.7 Å². The highest BCUT2D eigenvalue weighted by atomic mass is 16.5. The second-order valence-electron chi connectivity index (χ2n) is 9.12. The Bertz CT molecular complexity index is 875. The van der Waals surface area contributed by atoms with Crippen molar-refractivity contribution in [2.75, 3.05) is 14.2 Å². The van der Waals surface area contributed by atoms with E-state index < -0.39 is 17.1 Å². The number of ether oxygens (including phenoxy) is 2. The number of hydrogen-bond donors (Lipinski definition) is 2. The van der Waals surface area contributed by atoms with Gasteiger partial charge in [0.2, 0.25) is 5.75 Å². The summed E-state index contributed by atoms with van der Waals surface area (Å²) >= 11 is 0. The average molecular weight is 417 g/mol. The summed E-state index contributed by atoms with van der Waals surface area (Å²) in [5, 5.41) is 21.2. The van der Waals surface area contributed by atoms with Crippen molar-refractivity contribution in [3.05, 3.63) is 29.3 Å². The first-order valence-corrected chi connectivity index (χ1v) is 10.5. The summed E-state index contributed by atoms with van der Waals surface area (Å²) in [5.74, 6) is -1.46. The van der Waals surface area contributed by atoms with E-state index in [0.29, 0.717) is 5.56 Å². The van der Waals surface area contributed by atoms with E-state index in [0.717, 1.165) is 38.4 Å². The van der Waals surface area contributed by atoms with Gasteiger partial charge in [0.05, 0.1) is 14.2 Å². The van der Waals surface area contributed by atoms with Crippen LogP contribution in [-0.2, 0) is 16.0 Å². The molecule has 6 nitrogen and oxygen atoms in total. The zero-order valence-corrected chi connectivity index (χ0v) is 18.3. The molecular weight excluding hydrogens is 384 g/mol. The van der Waals surface area contributed by atoms with Crippen molar-refractivity contribution in [3.8, 4) is 17.2 Å². The molecule has 0 aliphatic heterocycles. The number of fused-ring (bicyclic) bond motifs is 1. The molecule has 0 radical (unpaired) electrons. The molecule has 0 aromatic heterocycles. The van der Waals surface area contributed by atoms with Gasteiger partial charge in [0.25, 0.3) is 0 Å². The van der Waals surface area contributed by atoms with E-state index in [1.54, 1.807) is 0 Å². The summed E-state index contributed by atoms with van der Waals surface area (Å²) in [6, 6.07) is 1.42. The van der Waals surface area contributed by atoms with Gasteiger partial charge in [0, 0.05) is 5.41 Å². The van der Waals surface area contributed by atoms with Crippen LogP contribution in [0.3, 0.4) is 0 Å². The number of methoxy groups -OCH3 is 2. The average Bonchev–Trinajstić information content (AvgIpc) is 2.73. The standard InChI is InChI=1S/C24H32O6/c1-14-7-6-8-18-23(14,3)10-9-15(2)24(18,13-25)12-16-11-17(22(28)30-5)20(27)21(29-4)19(16)26/h11,13,15,18,26-27H,1,6-10,12H2,2-5H3/t15-,18+,23+,24-/m0/s1. The number of aldehydes is 1. The predicted molar refractivity (Wildman–Crippen MR) is 113 cm³/mol. The fourth-order valence-electron chi connectivity index (χ4n) is 5.86. The Morgan fingerprint density at radius 2 is 2.00 bits per heavy atom. The third-order valence-electron chi connectivity index (χ3n) is 7.84. The van der Waals surface area contributed by atoms with Gasteiger partial charge >= 0.3 is 5.97 Å². The normalized spacial score (nSPS) is 31.0. The van der Waals surface area contributed by atoms with Crippen LogP contribution < -0.4 is 4.74 Å². The zero-order valence-electron chi connectivity index (χ0n) is 18.3. The van der Waals surface area contributed by atoms with Crippen molar-refractivity contribution < 1.29 is 29.3 Å². The largest absolute Gasteiger partial charge is 0.504 e. The van der Waals surface area contributed by atoms with Crippen LogP contribution in [0.5, 0.6) is 17.2 Å². The predicted octanol–water partition coefficient (Wildman–Crippen LogP) is 4.41. The molecule has 2 saturated carbocycles. The van der Waals surface area contributed by atoms with Crippen molar-refractivity contribution in [3.63, 3.8) is 0 Å². The second-order valence-corrected chi connectivity index (χ2v) is 9.12. The van der Waals surface area contributed by atoms with Crippen molar-refractivity contribution in [1.29, 1.82) is 0 Å². The Labute approximate surface area is 177 Å². The summed E-state index contributed by atoms with van der Waals surface area (Å²) in [7, 11) is 2.52. The third kappa shape index (κ3) is 3.17. The first kappa shape index (κ1) is 22.2. The summed E-state index contributed by atoms with van der Waals surface area (Å²) in [5.41, 5.74) is 0.642. The van der Waals surface area contributed by atoms with E-state index in [1.165, 1.54) is 25.9 Å².